The van der Waals surface area contributed by atoms with Gasteiger partial charge in [0.05, 0.1) is 12.1 Å². The standard InChI is InChI=1S/C21H26N4O/c1-22-12-6-14-26-18-10-11-19-20(15-18)24-16-25-21(19)23-13-5-9-17-7-3-2-4-8-17/h2-4,7-8,10-11,15-16,22H,5-6,9,12-14H2,1H3,(H,23,24,25). The second-order valence-electron chi connectivity index (χ2n) is 6.22. The van der Waals surface area contributed by atoms with E-state index >= 15 is 0 Å². The maximum atomic E-state index is 5.78. The molecule has 2 N–H and O–H groups in total. The molecule has 0 bridgehead atoms. The van der Waals surface area contributed by atoms with Gasteiger partial charge in [-0.05, 0) is 50.6 Å². The van der Waals surface area contributed by atoms with Crippen molar-refractivity contribution in [3.63, 3.8) is 0 Å². The molecule has 1 heterocycles. The maximum Gasteiger partial charge on any atom is 0.137 e. The molecule has 5 heteroatoms. The Hall–Kier alpha value is -2.66. The zero-order chi connectivity index (χ0) is 18.0. The van der Waals surface area contributed by atoms with Crippen molar-refractivity contribution >= 4 is 16.7 Å². The van der Waals surface area contributed by atoms with Crippen molar-refractivity contribution in [3.8, 4) is 5.75 Å². The van der Waals surface area contributed by atoms with Crippen LogP contribution in [0.3, 0.4) is 0 Å². The summed E-state index contributed by atoms with van der Waals surface area (Å²) in [6.45, 7) is 2.53. The summed E-state index contributed by atoms with van der Waals surface area (Å²) in [6, 6.07) is 16.5. The van der Waals surface area contributed by atoms with Crippen LogP contribution >= 0.6 is 0 Å². The third-order valence-corrected chi connectivity index (χ3v) is 4.23. The van der Waals surface area contributed by atoms with Crippen molar-refractivity contribution in [2.75, 3.05) is 32.1 Å². The molecule has 0 aliphatic rings. The highest BCUT2D eigenvalue weighted by atomic mass is 16.5. The first kappa shape index (κ1) is 18.1. The van der Waals surface area contributed by atoms with Gasteiger partial charge in [-0.1, -0.05) is 30.3 Å². The SMILES string of the molecule is CNCCCOc1ccc2c(NCCCc3ccccc3)ncnc2c1. The molecule has 2 aromatic carbocycles. The second kappa shape index (κ2) is 9.73. The Morgan fingerprint density at radius 1 is 0.962 bits per heavy atom. The van der Waals surface area contributed by atoms with Crippen LogP contribution < -0.4 is 15.4 Å². The molecular weight excluding hydrogens is 324 g/mol. The number of fused-ring (bicyclic) bond motifs is 1. The van der Waals surface area contributed by atoms with E-state index in [1.807, 2.05) is 31.3 Å². The fourth-order valence-electron chi connectivity index (χ4n) is 2.85. The fourth-order valence-corrected chi connectivity index (χ4v) is 2.85. The molecule has 0 aliphatic heterocycles. The quantitative estimate of drug-likeness (QED) is 0.547. The Morgan fingerprint density at radius 3 is 2.69 bits per heavy atom. The van der Waals surface area contributed by atoms with Gasteiger partial charge in [0.2, 0.25) is 0 Å². The van der Waals surface area contributed by atoms with Crippen LogP contribution in [0.25, 0.3) is 10.9 Å². The summed E-state index contributed by atoms with van der Waals surface area (Å²) < 4.78 is 5.78. The lowest BCUT2D eigenvalue weighted by atomic mass is 10.1. The van der Waals surface area contributed by atoms with E-state index < -0.39 is 0 Å². The lowest BCUT2D eigenvalue weighted by Crippen LogP contribution is -2.11. The van der Waals surface area contributed by atoms with Crippen molar-refractivity contribution in [1.29, 1.82) is 0 Å². The van der Waals surface area contributed by atoms with E-state index in [0.717, 1.165) is 54.8 Å². The largest absolute Gasteiger partial charge is 0.493 e. The Morgan fingerprint density at radius 2 is 1.85 bits per heavy atom. The monoisotopic (exact) mass is 350 g/mol. The maximum absolute atomic E-state index is 5.78. The average molecular weight is 350 g/mol. The van der Waals surface area contributed by atoms with Crippen LogP contribution in [0, 0.1) is 0 Å². The minimum absolute atomic E-state index is 0.696. The van der Waals surface area contributed by atoms with Crippen molar-refractivity contribution in [2.45, 2.75) is 19.3 Å². The van der Waals surface area contributed by atoms with E-state index in [0.29, 0.717) is 6.61 Å². The van der Waals surface area contributed by atoms with Crippen molar-refractivity contribution in [2.24, 2.45) is 0 Å². The van der Waals surface area contributed by atoms with Gasteiger partial charge in [0.15, 0.2) is 0 Å². The van der Waals surface area contributed by atoms with Crippen LogP contribution in [0.1, 0.15) is 18.4 Å². The molecule has 5 nitrogen and oxygen atoms in total. The van der Waals surface area contributed by atoms with Gasteiger partial charge in [-0.25, -0.2) is 9.97 Å². The van der Waals surface area contributed by atoms with Crippen LogP contribution in [0.4, 0.5) is 5.82 Å². The number of benzene rings is 2. The molecule has 0 saturated heterocycles. The first-order valence-corrected chi connectivity index (χ1v) is 9.17. The Balaban J connectivity index is 1.56. The van der Waals surface area contributed by atoms with Gasteiger partial charge in [0, 0.05) is 18.0 Å². The summed E-state index contributed by atoms with van der Waals surface area (Å²) in [5, 5.41) is 7.58. The molecule has 0 fully saturated rings. The number of aryl methyl sites for hydroxylation is 1. The van der Waals surface area contributed by atoms with E-state index in [1.54, 1.807) is 6.33 Å². The summed E-state index contributed by atoms with van der Waals surface area (Å²) in [5.41, 5.74) is 2.26. The van der Waals surface area contributed by atoms with Gasteiger partial charge in [-0.2, -0.15) is 0 Å². The smallest absolute Gasteiger partial charge is 0.137 e. The summed E-state index contributed by atoms with van der Waals surface area (Å²) >= 11 is 0. The molecule has 0 atom stereocenters. The molecule has 0 unspecified atom stereocenters. The molecule has 3 rings (SSSR count). The summed E-state index contributed by atoms with van der Waals surface area (Å²) in [4.78, 5) is 8.78. The van der Waals surface area contributed by atoms with Gasteiger partial charge >= 0.3 is 0 Å². The topological polar surface area (TPSA) is 59.1 Å². The molecule has 1 aromatic heterocycles. The third kappa shape index (κ3) is 5.17. The predicted octanol–water partition coefficient (Wildman–Crippen LogP) is 3.66. The van der Waals surface area contributed by atoms with E-state index in [-0.39, 0.29) is 0 Å². The van der Waals surface area contributed by atoms with Gasteiger partial charge in [0.25, 0.3) is 0 Å². The van der Waals surface area contributed by atoms with E-state index in [4.69, 9.17) is 4.74 Å². The van der Waals surface area contributed by atoms with Crippen LogP contribution in [0.5, 0.6) is 5.75 Å². The molecule has 0 radical (unpaired) electrons. The molecule has 0 aliphatic carbocycles. The number of hydrogen-bond acceptors (Lipinski definition) is 5. The number of nitrogens with one attached hydrogen (secondary N) is 2. The first-order valence-electron chi connectivity index (χ1n) is 9.17. The molecule has 26 heavy (non-hydrogen) atoms. The number of aromatic nitrogens is 2. The summed E-state index contributed by atoms with van der Waals surface area (Å²) in [5.74, 6) is 1.73. The first-order chi connectivity index (χ1) is 12.9. The van der Waals surface area contributed by atoms with Crippen LogP contribution in [-0.2, 0) is 6.42 Å². The van der Waals surface area contributed by atoms with Gasteiger partial charge in [-0.3, -0.25) is 0 Å². The molecule has 0 amide bonds. The van der Waals surface area contributed by atoms with Crippen molar-refractivity contribution in [3.05, 3.63) is 60.4 Å². The lowest BCUT2D eigenvalue weighted by Gasteiger charge is -2.10. The van der Waals surface area contributed by atoms with E-state index in [9.17, 15) is 0 Å². The van der Waals surface area contributed by atoms with Gasteiger partial charge in [0.1, 0.15) is 17.9 Å². The lowest BCUT2D eigenvalue weighted by molar-refractivity contribution is 0.310. The minimum atomic E-state index is 0.696. The highest BCUT2D eigenvalue weighted by Gasteiger charge is 2.05. The Labute approximate surface area is 154 Å². The highest BCUT2D eigenvalue weighted by molar-refractivity contribution is 5.89. The van der Waals surface area contributed by atoms with Crippen LogP contribution in [0.15, 0.2) is 54.9 Å². The molecule has 0 saturated carbocycles. The number of nitrogens with zero attached hydrogens (tertiary/aromatic N) is 2. The minimum Gasteiger partial charge on any atom is -0.493 e. The zero-order valence-corrected chi connectivity index (χ0v) is 15.2. The fraction of sp³-hybridized carbons (Fsp3) is 0.333. The van der Waals surface area contributed by atoms with Crippen LogP contribution in [-0.4, -0.2) is 36.7 Å². The molecule has 3 aromatic rings. The predicted molar refractivity (Wildman–Crippen MR) is 107 cm³/mol. The third-order valence-electron chi connectivity index (χ3n) is 4.23. The Bertz CT molecular complexity index is 807. The molecular formula is C21H26N4O. The Kier molecular flexibility index (Phi) is 6.79. The molecule has 0 spiro atoms. The summed E-state index contributed by atoms with van der Waals surface area (Å²) in [7, 11) is 1.95. The van der Waals surface area contributed by atoms with E-state index in [1.165, 1.54) is 5.56 Å². The number of rotatable bonds is 10. The molecule has 136 valence electrons. The number of hydrogen-bond donors (Lipinski definition) is 2. The van der Waals surface area contributed by atoms with Gasteiger partial charge < -0.3 is 15.4 Å². The van der Waals surface area contributed by atoms with Crippen molar-refractivity contribution < 1.29 is 4.74 Å². The van der Waals surface area contributed by atoms with Crippen molar-refractivity contribution in [1.82, 2.24) is 15.3 Å². The normalized spacial score (nSPS) is 10.8. The van der Waals surface area contributed by atoms with E-state index in [2.05, 4.69) is 44.9 Å². The summed E-state index contributed by atoms with van der Waals surface area (Å²) in [6.07, 6.45) is 4.70. The second-order valence-corrected chi connectivity index (χ2v) is 6.22. The highest BCUT2D eigenvalue weighted by Crippen LogP contribution is 2.24. The zero-order valence-electron chi connectivity index (χ0n) is 15.2. The average Bonchev–Trinajstić information content (AvgIpc) is 2.69. The van der Waals surface area contributed by atoms with Gasteiger partial charge in [-0.15, -0.1) is 0 Å². The number of anilines is 1. The van der Waals surface area contributed by atoms with Crippen LogP contribution in [0.2, 0.25) is 0 Å². The number of ether oxygens (including phenoxy) is 1.